The molecule has 1 saturated heterocycles. The number of amides is 1. The summed E-state index contributed by atoms with van der Waals surface area (Å²) < 4.78 is 0. The van der Waals surface area contributed by atoms with Gasteiger partial charge in [0, 0.05) is 48.9 Å². The number of pyridine rings is 1. The van der Waals surface area contributed by atoms with E-state index in [0.29, 0.717) is 28.1 Å². The lowest BCUT2D eigenvalue weighted by molar-refractivity contribution is -0.118. The lowest BCUT2D eigenvalue weighted by Crippen LogP contribution is -2.44. The monoisotopic (exact) mass is 459 g/mol. The quantitative estimate of drug-likeness (QED) is 0.372. The summed E-state index contributed by atoms with van der Waals surface area (Å²) in [6.07, 6.45) is 0. The number of anilines is 3. The summed E-state index contributed by atoms with van der Waals surface area (Å²) in [6, 6.07) is 11.4. The number of nitrogens with two attached hydrogens (primary N) is 1. The summed E-state index contributed by atoms with van der Waals surface area (Å²) in [5.41, 5.74) is 10.7. The predicted octanol–water partition coefficient (Wildman–Crippen LogP) is 3.00. The SMILES string of the molecule is CC(C)C(=O)Nc1ccc2[nH]c(=O)c(-c3nc4ccc(N5CCN(C)CC5)cc4[nH]3)c(N)c2c1. The summed E-state index contributed by atoms with van der Waals surface area (Å²) in [6.45, 7) is 7.64. The number of nitrogens with one attached hydrogen (secondary N) is 3. The number of imidazole rings is 1. The van der Waals surface area contributed by atoms with Crippen LogP contribution in [0.2, 0.25) is 0 Å². The maximum absolute atomic E-state index is 13.0. The number of likely N-dealkylation sites (N-methyl/N-ethyl adjacent to an activating group) is 1. The van der Waals surface area contributed by atoms with Crippen molar-refractivity contribution >= 4 is 44.9 Å². The Labute approximate surface area is 197 Å². The average Bonchev–Trinajstić information content (AvgIpc) is 3.22. The van der Waals surface area contributed by atoms with Gasteiger partial charge >= 0.3 is 0 Å². The van der Waals surface area contributed by atoms with Crippen molar-refractivity contribution in [3.05, 3.63) is 46.8 Å². The number of benzene rings is 2. The molecular formula is C25H29N7O2. The van der Waals surface area contributed by atoms with Crippen LogP contribution in [-0.2, 0) is 4.79 Å². The van der Waals surface area contributed by atoms with Gasteiger partial charge in [-0.15, -0.1) is 0 Å². The van der Waals surface area contributed by atoms with E-state index in [9.17, 15) is 9.59 Å². The number of piperazine rings is 1. The largest absolute Gasteiger partial charge is 0.397 e. The van der Waals surface area contributed by atoms with Crippen LogP contribution in [0.15, 0.2) is 41.2 Å². The molecule has 1 amide bonds. The third kappa shape index (κ3) is 3.99. The molecule has 0 bridgehead atoms. The second kappa shape index (κ2) is 8.49. The minimum atomic E-state index is -0.317. The fourth-order valence-corrected chi connectivity index (χ4v) is 4.29. The summed E-state index contributed by atoms with van der Waals surface area (Å²) in [5, 5.41) is 3.53. The topological polar surface area (TPSA) is 123 Å². The second-order valence-corrected chi connectivity index (χ2v) is 9.22. The van der Waals surface area contributed by atoms with Gasteiger partial charge in [0.05, 0.1) is 22.2 Å². The molecule has 1 aliphatic heterocycles. The predicted molar refractivity (Wildman–Crippen MR) is 137 cm³/mol. The highest BCUT2D eigenvalue weighted by atomic mass is 16.1. The minimum absolute atomic E-state index is 0.0870. The van der Waals surface area contributed by atoms with Crippen LogP contribution in [0.5, 0.6) is 0 Å². The van der Waals surface area contributed by atoms with Crippen LogP contribution in [0.3, 0.4) is 0 Å². The van der Waals surface area contributed by atoms with Gasteiger partial charge in [0.15, 0.2) is 0 Å². The first kappa shape index (κ1) is 22.0. The molecule has 0 aliphatic carbocycles. The number of aromatic amines is 2. The first-order valence-electron chi connectivity index (χ1n) is 11.5. The lowest BCUT2D eigenvalue weighted by Gasteiger charge is -2.34. The van der Waals surface area contributed by atoms with Crippen LogP contribution in [0, 0.1) is 5.92 Å². The first-order valence-corrected chi connectivity index (χ1v) is 11.5. The molecule has 0 unspecified atom stereocenters. The Morgan fingerprint density at radius 3 is 2.56 bits per heavy atom. The molecule has 1 fully saturated rings. The van der Waals surface area contributed by atoms with Gasteiger partial charge in [-0.3, -0.25) is 9.59 Å². The zero-order valence-corrected chi connectivity index (χ0v) is 19.6. The molecule has 2 aromatic heterocycles. The molecule has 1 aliphatic rings. The minimum Gasteiger partial charge on any atom is -0.397 e. The van der Waals surface area contributed by atoms with E-state index < -0.39 is 0 Å². The maximum atomic E-state index is 13.0. The van der Waals surface area contributed by atoms with Gasteiger partial charge in [-0.25, -0.2) is 4.98 Å². The number of carbonyl (C=O) groups excluding carboxylic acids is 1. The molecule has 3 heterocycles. The molecule has 176 valence electrons. The highest BCUT2D eigenvalue weighted by molar-refractivity contribution is 6.01. The zero-order chi connectivity index (χ0) is 24.0. The van der Waals surface area contributed by atoms with Crippen LogP contribution in [0.1, 0.15) is 13.8 Å². The maximum Gasteiger partial charge on any atom is 0.261 e. The highest BCUT2D eigenvalue weighted by Gasteiger charge is 2.19. The van der Waals surface area contributed by atoms with Crippen molar-refractivity contribution in [3.63, 3.8) is 0 Å². The Morgan fingerprint density at radius 1 is 1.06 bits per heavy atom. The Hall–Kier alpha value is -3.85. The summed E-state index contributed by atoms with van der Waals surface area (Å²) >= 11 is 0. The van der Waals surface area contributed by atoms with Crippen molar-refractivity contribution < 1.29 is 4.79 Å². The Kier molecular flexibility index (Phi) is 5.49. The molecule has 0 radical (unpaired) electrons. The van der Waals surface area contributed by atoms with Gasteiger partial charge in [-0.05, 0) is 43.4 Å². The van der Waals surface area contributed by atoms with Crippen molar-refractivity contribution in [2.24, 2.45) is 5.92 Å². The smallest absolute Gasteiger partial charge is 0.261 e. The molecule has 0 spiro atoms. The number of nitrogen functional groups attached to an aromatic ring is 1. The normalized spacial score (nSPS) is 14.9. The number of carbonyl (C=O) groups is 1. The van der Waals surface area contributed by atoms with Gasteiger partial charge in [0.2, 0.25) is 5.91 Å². The van der Waals surface area contributed by atoms with Crippen molar-refractivity contribution in [3.8, 4) is 11.4 Å². The summed E-state index contributed by atoms with van der Waals surface area (Å²) in [5.74, 6) is 0.185. The van der Waals surface area contributed by atoms with E-state index in [2.05, 4.69) is 49.2 Å². The van der Waals surface area contributed by atoms with Crippen molar-refractivity contribution in [2.45, 2.75) is 13.8 Å². The van der Waals surface area contributed by atoms with E-state index in [1.165, 1.54) is 0 Å². The van der Waals surface area contributed by atoms with E-state index in [0.717, 1.165) is 42.9 Å². The molecule has 0 saturated carbocycles. The molecule has 4 aromatic rings. The van der Waals surface area contributed by atoms with E-state index in [1.807, 2.05) is 19.9 Å². The molecule has 34 heavy (non-hydrogen) atoms. The average molecular weight is 460 g/mol. The standard InChI is InChI=1S/C25H29N7O2/c1-14(2)24(33)27-15-4-6-18-17(12-15)22(26)21(25(34)30-18)23-28-19-7-5-16(13-20(19)29-23)32-10-8-31(3)9-11-32/h4-7,12-14H,8-11H2,1-3H3,(H,27,33)(H,28,29)(H3,26,30,34). The second-order valence-electron chi connectivity index (χ2n) is 9.22. The number of hydrogen-bond donors (Lipinski definition) is 4. The Bertz CT molecular complexity index is 1450. The zero-order valence-electron chi connectivity index (χ0n) is 19.6. The number of hydrogen-bond acceptors (Lipinski definition) is 6. The van der Waals surface area contributed by atoms with Crippen molar-refractivity contribution in [2.75, 3.05) is 49.2 Å². The highest BCUT2D eigenvalue weighted by Crippen LogP contribution is 2.31. The third-order valence-corrected chi connectivity index (χ3v) is 6.42. The van der Waals surface area contributed by atoms with Gasteiger partial charge in [-0.2, -0.15) is 0 Å². The van der Waals surface area contributed by atoms with Gasteiger partial charge < -0.3 is 30.8 Å². The Balaban J connectivity index is 1.54. The molecule has 9 heteroatoms. The Morgan fingerprint density at radius 2 is 1.82 bits per heavy atom. The third-order valence-electron chi connectivity index (χ3n) is 6.42. The fourth-order valence-electron chi connectivity index (χ4n) is 4.29. The summed E-state index contributed by atoms with van der Waals surface area (Å²) in [4.78, 5) is 40.6. The molecule has 5 rings (SSSR count). The molecule has 2 aromatic carbocycles. The van der Waals surface area contributed by atoms with Crippen LogP contribution < -0.4 is 21.5 Å². The number of fused-ring (bicyclic) bond motifs is 2. The first-order chi connectivity index (χ1) is 16.3. The van der Waals surface area contributed by atoms with Crippen molar-refractivity contribution in [1.29, 1.82) is 0 Å². The fraction of sp³-hybridized carbons (Fsp3) is 0.320. The van der Waals surface area contributed by atoms with E-state index in [1.54, 1.807) is 18.2 Å². The van der Waals surface area contributed by atoms with Crippen molar-refractivity contribution in [1.82, 2.24) is 19.9 Å². The number of nitrogens with zero attached hydrogens (tertiary/aromatic N) is 3. The van der Waals surface area contributed by atoms with E-state index >= 15 is 0 Å². The summed E-state index contributed by atoms with van der Waals surface area (Å²) in [7, 11) is 2.13. The molecular weight excluding hydrogens is 430 g/mol. The lowest BCUT2D eigenvalue weighted by atomic mass is 10.1. The van der Waals surface area contributed by atoms with Crippen LogP contribution in [0.4, 0.5) is 17.1 Å². The number of rotatable bonds is 4. The van der Waals surface area contributed by atoms with Crippen LogP contribution in [-0.4, -0.2) is 59.0 Å². The van der Waals surface area contributed by atoms with Gasteiger partial charge in [0.25, 0.3) is 5.56 Å². The molecule has 5 N–H and O–H groups in total. The van der Waals surface area contributed by atoms with Crippen LogP contribution in [0.25, 0.3) is 33.3 Å². The number of aromatic nitrogens is 3. The number of H-pyrrole nitrogens is 2. The van der Waals surface area contributed by atoms with Gasteiger partial charge in [0.1, 0.15) is 11.4 Å². The molecule has 9 nitrogen and oxygen atoms in total. The van der Waals surface area contributed by atoms with Crippen LogP contribution >= 0.6 is 0 Å². The van der Waals surface area contributed by atoms with Gasteiger partial charge in [-0.1, -0.05) is 13.8 Å². The van der Waals surface area contributed by atoms with E-state index in [-0.39, 0.29) is 22.9 Å². The van der Waals surface area contributed by atoms with E-state index in [4.69, 9.17) is 5.73 Å². The molecule has 0 atom stereocenters.